The van der Waals surface area contributed by atoms with Crippen LogP contribution in [0.4, 0.5) is 4.39 Å². The van der Waals surface area contributed by atoms with Gasteiger partial charge >= 0.3 is 0 Å². The predicted octanol–water partition coefficient (Wildman–Crippen LogP) is 6.47. The zero-order valence-electron chi connectivity index (χ0n) is 19.2. The molecule has 3 heterocycles. The van der Waals surface area contributed by atoms with Crippen LogP contribution in [0.5, 0.6) is 5.75 Å². The number of aromatic hydroxyl groups is 1. The fourth-order valence-electron chi connectivity index (χ4n) is 4.03. The maximum atomic E-state index is 14.2. The van der Waals surface area contributed by atoms with E-state index in [-0.39, 0.29) is 16.9 Å². The zero-order valence-corrected chi connectivity index (χ0v) is 20.8. The van der Waals surface area contributed by atoms with Crippen molar-refractivity contribution in [3.8, 4) is 38.1 Å². The van der Waals surface area contributed by atoms with Crippen molar-refractivity contribution >= 4 is 22.7 Å². The summed E-state index contributed by atoms with van der Waals surface area (Å²) in [6, 6.07) is 18.0. The fourth-order valence-corrected chi connectivity index (χ4v) is 5.77. The molecule has 0 amide bonds. The Kier molecular flexibility index (Phi) is 6.32. The monoisotopic (exact) mass is 503 g/mol. The van der Waals surface area contributed by atoms with Crippen molar-refractivity contribution in [3.05, 3.63) is 98.5 Å². The number of benzene rings is 2. The predicted molar refractivity (Wildman–Crippen MR) is 140 cm³/mol. The second-order valence-corrected chi connectivity index (χ2v) is 10.3. The normalized spacial score (nSPS) is 11.2. The largest absolute Gasteiger partial charge is 0.504 e. The van der Waals surface area contributed by atoms with Gasteiger partial charge in [0, 0.05) is 16.8 Å². The number of phenols is 1. The van der Waals surface area contributed by atoms with Crippen LogP contribution in [0.2, 0.25) is 0 Å². The smallest absolute Gasteiger partial charge is 0.262 e. The van der Waals surface area contributed by atoms with E-state index in [1.165, 1.54) is 28.0 Å². The summed E-state index contributed by atoms with van der Waals surface area (Å²) in [5, 5.41) is 13.4. The number of halogens is 1. The molecule has 0 atom stereocenters. The van der Waals surface area contributed by atoms with Gasteiger partial charge < -0.3 is 5.11 Å². The summed E-state index contributed by atoms with van der Waals surface area (Å²) in [6.45, 7) is 4.06. The van der Waals surface area contributed by atoms with Crippen LogP contribution in [-0.2, 0) is 13.0 Å². The molecular weight excluding hydrogens is 481 g/mol. The number of nitrogens with zero attached hydrogens (tertiary/aromatic N) is 3. The van der Waals surface area contributed by atoms with Crippen LogP contribution in [0.1, 0.15) is 16.3 Å². The molecule has 1 N–H and O–H groups in total. The van der Waals surface area contributed by atoms with Gasteiger partial charge in [-0.05, 0) is 50.1 Å². The number of hydrogen-bond donors (Lipinski definition) is 1. The molecule has 0 aliphatic rings. The highest BCUT2D eigenvalue weighted by Crippen LogP contribution is 2.36. The van der Waals surface area contributed by atoms with Crippen LogP contribution >= 0.6 is 22.7 Å². The lowest BCUT2D eigenvalue weighted by Gasteiger charge is -2.16. The van der Waals surface area contributed by atoms with Crippen LogP contribution in [0.25, 0.3) is 32.4 Å². The number of phenolic OH excluding ortho intramolecular Hbond substituents is 1. The maximum Gasteiger partial charge on any atom is 0.262 e. The summed E-state index contributed by atoms with van der Waals surface area (Å²) < 4.78 is 15.7. The van der Waals surface area contributed by atoms with Crippen LogP contribution in [0.15, 0.2) is 70.8 Å². The molecule has 5 aromatic rings. The van der Waals surface area contributed by atoms with Crippen LogP contribution in [0.3, 0.4) is 0 Å². The third kappa shape index (κ3) is 4.54. The molecule has 8 heteroatoms. The van der Waals surface area contributed by atoms with Crippen molar-refractivity contribution in [2.75, 3.05) is 0 Å². The quantitative estimate of drug-likeness (QED) is 0.288. The Morgan fingerprint density at radius 2 is 1.74 bits per heavy atom. The molecule has 0 saturated heterocycles. The number of hydrogen-bond acceptors (Lipinski definition) is 6. The van der Waals surface area contributed by atoms with Crippen molar-refractivity contribution < 1.29 is 9.50 Å². The maximum absolute atomic E-state index is 14.2. The minimum Gasteiger partial charge on any atom is -0.504 e. The minimum absolute atomic E-state index is 0.189. The summed E-state index contributed by atoms with van der Waals surface area (Å²) in [7, 11) is 0. The molecule has 3 aromatic heterocycles. The fraction of sp³-hybridized carbons (Fsp3) is 0.148. The van der Waals surface area contributed by atoms with Crippen molar-refractivity contribution in [2.24, 2.45) is 0 Å². The Balaban J connectivity index is 1.65. The molecule has 0 unspecified atom stereocenters. The second kappa shape index (κ2) is 9.56. The molecule has 2 aromatic carbocycles. The number of aromatic nitrogens is 3. The Hall–Kier alpha value is -3.62. The van der Waals surface area contributed by atoms with Gasteiger partial charge in [0.1, 0.15) is 5.82 Å². The van der Waals surface area contributed by atoms with Crippen molar-refractivity contribution in [2.45, 2.75) is 26.8 Å². The molecular formula is C27H22FN3O2S2. The molecule has 0 radical (unpaired) electrons. The first-order valence-electron chi connectivity index (χ1n) is 11.1. The average molecular weight is 504 g/mol. The first-order valence-corrected chi connectivity index (χ1v) is 12.8. The van der Waals surface area contributed by atoms with E-state index >= 15 is 0 Å². The van der Waals surface area contributed by atoms with Crippen LogP contribution < -0.4 is 5.56 Å². The van der Waals surface area contributed by atoms with E-state index in [1.807, 2.05) is 54.8 Å². The van der Waals surface area contributed by atoms with E-state index in [4.69, 9.17) is 4.98 Å². The van der Waals surface area contributed by atoms with Crippen molar-refractivity contribution in [3.63, 3.8) is 0 Å². The van der Waals surface area contributed by atoms with Gasteiger partial charge in [-0.15, -0.1) is 22.7 Å². The summed E-state index contributed by atoms with van der Waals surface area (Å²) in [5.74, 6) is -1.03. The number of rotatable bonds is 6. The van der Waals surface area contributed by atoms with Gasteiger partial charge in [0.05, 0.1) is 32.4 Å². The molecule has 35 heavy (non-hydrogen) atoms. The number of aryl methyl sites for hydroxylation is 3. The van der Waals surface area contributed by atoms with Gasteiger partial charge in [0.25, 0.3) is 5.56 Å². The van der Waals surface area contributed by atoms with E-state index < -0.39 is 11.6 Å². The Bertz CT molecular complexity index is 1570. The average Bonchev–Trinajstić information content (AvgIpc) is 3.50. The molecule has 0 saturated carbocycles. The third-order valence-corrected chi connectivity index (χ3v) is 7.67. The third-order valence-electron chi connectivity index (χ3n) is 5.77. The lowest BCUT2D eigenvalue weighted by atomic mass is 10.1. The SMILES string of the molecule is Cc1nc(-c2ccc(-c3c(C)nc(-c4cccc(F)c4O)n(CCc4ccccc4)c3=O)s2)cs1. The molecule has 0 bridgehead atoms. The Morgan fingerprint density at radius 3 is 2.49 bits per heavy atom. The highest BCUT2D eigenvalue weighted by molar-refractivity contribution is 7.19. The van der Waals surface area contributed by atoms with Gasteiger partial charge in [0.2, 0.25) is 0 Å². The van der Waals surface area contributed by atoms with Crippen molar-refractivity contribution in [1.29, 1.82) is 0 Å². The van der Waals surface area contributed by atoms with Gasteiger partial charge in [-0.25, -0.2) is 14.4 Å². The van der Waals surface area contributed by atoms with E-state index in [0.717, 1.165) is 26.0 Å². The molecule has 0 aliphatic carbocycles. The van der Waals surface area contributed by atoms with Gasteiger partial charge in [0.15, 0.2) is 11.6 Å². The highest BCUT2D eigenvalue weighted by Gasteiger charge is 2.21. The topological polar surface area (TPSA) is 68.0 Å². The minimum atomic E-state index is -0.755. The Labute approximate surface area is 209 Å². The van der Waals surface area contributed by atoms with Crippen LogP contribution in [-0.4, -0.2) is 19.6 Å². The van der Waals surface area contributed by atoms with E-state index in [1.54, 1.807) is 24.3 Å². The summed E-state index contributed by atoms with van der Waals surface area (Å²) in [6.07, 6.45) is 0.585. The lowest BCUT2D eigenvalue weighted by Crippen LogP contribution is -2.27. The first kappa shape index (κ1) is 23.1. The van der Waals surface area contributed by atoms with E-state index in [9.17, 15) is 14.3 Å². The number of thiazole rings is 1. The molecule has 0 fully saturated rings. The van der Waals surface area contributed by atoms with Gasteiger partial charge in [-0.1, -0.05) is 36.4 Å². The molecule has 0 aliphatic heterocycles. The standard InChI is InChI=1S/C27H22FN3O2S2/c1-16-24(23-12-11-22(35-23)21-15-34-17(2)30-21)27(33)31(14-13-18-7-4-3-5-8-18)26(29-16)19-9-6-10-20(28)25(19)32/h3-12,15,32H,13-14H2,1-2H3. The zero-order chi connectivity index (χ0) is 24.5. The summed E-state index contributed by atoms with van der Waals surface area (Å²) in [4.78, 5) is 24.9. The molecule has 0 spiro atoms. The highest BCUT2D eigenvalue weighted by atomic mass is 32.1. The van der Waals surface area contributed by atoms with E-state index in [0.29, 0.717) is 24.2 Å². The summed E-state index contributed by atoms with van der Waals surface area (Å²) in [5.41, 5.74) is 2.94. The Morgan fingerprint density at radius 1 is 0.971 bits per heavy atom. The number of thiophene rings is 1. The lowest BCUT2D eigenvalue weighted by molar-refractivity contribution is 0.433. The second-order valence-electron chi connectivity index (χ2n) is 8.14. The van der Waals surface area contributed by atoms with E-state index in [2.05, 4.69) is 4.98 Å². The van der Waals surface area contributed by atoms with Gasteiger partial charge in [-0.3, -0.25) is 9.36 Å². The molecule has 176 valence electrons. The molecule has 5 nitrogen and oxygen atoms in total. The van der Waals surface area contributed by atoms with Crippen molar-refractivity contribution in [1.82, 2.24) is 14.5 Å². The number of para-hydroxylation sites is 1. The van der Waals surface area contributed by atoms with Crippen LogP contribution in [0, 0.1) is 19.7 Å². The first-order chi connectivity index (χ1) is 16.9. The summed E-state index contributed by atoms with van der Waals surface area (Å²) >= 11 is 3.08. The molecule has 5 rings (SSSR count). The van der Waals surface area contributed by atoms with Gasteiger partial charge in [-0.2, -0.15) is 0 Å².